The molecule has 1 aromatic carbocycles. The molecule has 3 nitrogen and oxygen atoms in total. The van der Waals surface area contributed by atoms with E-state index in [-0.39, 0.29) is 39.7 Å². The number of hydrogen-bond acceptors (Lipinski definition) is 2. The van der Waals surface area contributed by atoms with Crippen molar-refractivity contribution in [1.29, 1.82) is 0 Å². The lowest BCUT2D eigenvalue weighted by Gasteiger charge is -2.15. The van der Waals surface area contributed by atoms with Crippen molar-refractivity contribution < 1.29 is 9.59 Å². The molecule has 1 aliphatic heterocycles. The van der Waals surface area contributed by atoms with Crippen molar-refractivity contribution in [3.8, 4) is 0 Å². The van der Waals surface area contributed by atoms with Crippen molar-refractivity contribution in [2.45, 2.75) is 6.42 Å². The summed E-state index contributed by atoms with van der Waals surface area (Å²) < 4.78 is 0. The molecule has 0 N–H and O–H groups in total. The van der Waals surface area contributed by atoms with Gasteiger partial charge in [0.1, 0.15) is 0 Å². The molecule has 2 rings (SSSR count). The van der Waals surface area contributed by atoms with Gasteiger partial charge in [-0.1, -0.05) is 34.8 Å². The zero-order chi connectivity index (χ0) is 11.9. The molecule has 0 unspecified atom stereocenters. The summed E-state index contributed by atoms with van der Waals surface area (Å²) in [5.74, 6) is -0.369. The van der Waals surface area contributed by atoms with Crippen LogP contribution in [0.3, 0.4) is 0 Å². The number of hydrogen-bond donors (Lipinski definition) is 0. The summed E-state index contributed by atoms with van der Waals surface area (Å²) in [5.41, 5.74) is 0.496. The van der Waals surface area contributed by atoms with Gasteiger partial charge < -0.3 is 4.90 Å². The van der Waals surface area contributed by atoms with Crippen molar-refractivity contribution in [1.82, 2.24) is 0 Å². The Labute approximate surface area is 107 Å². The molecule has 1 aromatic rings. The zero-order valence-electron chi connectivity index (χ0n) is 7.97. The first-order valence-corrected chi connectivity index (χ1v) is 5.59. The van der Waals surface area contributed by atoms with Crippen LogP contribution in [0.1, 0.15) is 6.42 Å². The second-order valence-electron chi connectivity index (χ2n) is 3.42. The fourth-order valence-electron chi connectivity index (χ4n) is 1.52. The van der Waals surface area contributed by atoms with Crippen molar-refractivity contribution in [3.05, 3.63) is 27.2 Å². The molecule has 0 saturated carbocycles. The van der Waals surface area contributed by atoms with Crippen molar-refractivity contribution >= 4 is 52.2 Å². The average molecular weight is 279 g/mol. The number of amides is 1. The van der Waals surface area contributed by atoms with Gasteiger partial charge in [-0.3, -0.25) is 9.59 Å². The van der Waals surface area contributed by atoms with Gasteiger partial charge in [-0.2, -0.15) is 0 Å². The highest BCUT2D eigenvalue weighted by molar-refractivity contribution is 6.48. The van der Waals surface area contributed by atoms with Gasteiger partial charge in [0.15, 0.2) is 5.78 Å². The topological polar surface area (TPSA) is 37.4 Å². The third kappa shape index (κ3) is 2.03. The van der Waals surface area contributed by atoms with E-state index in [0.29, 0.717) is 5.69 Å². The predicted octanol–water partition coefficient (Wildman–Crippen LogP) is 2.95. The lowest BCUT2D eigenvalue weighted by molar-refractivity contribution is -0.121. The summed E-state index contributed by atoms with van der Waals surface area (Å²) in [6, 6.07) is 3.04. The Morgan fingerprint density at radius 3 is 2.06 bits per heavy atom. The van der Waals surface area contributed by atoms with Crippen LogP contribution in [0.15, 0.2) is 12.1 Å². The van der Waals surface area contributed by atoms with Crippen molar-refractivity contribution in [3.63, 3.8) is 0 Å². The molecule has 84 valence electrons. The van der Waals surface area contributed by atoms with Crippen LogP contribution in [0.5, 0.6) is 0 Å². The van der Waals surface area contributed by atoms with Gasteiger partial charge in [0, 0.05) is 5.69 Å². The van der Waals surface area contributed by atoms with Crippen LogP contribution < -0.4 is 4.90 Å². The summed E-state index contributed by atoms with van der Waals surface area (Å²) in [4.78, 5) is 23.9. The number of rotatable bonds is 1. The van der Waals surface area contributed by atoms with Gasteiger partial charge in [-0.05, 0) is 12.1 Å². The third-order valence-corrected chi connectivity index (χ3v) is 3.46. The first-order chi connectivity index (χ1) is 7.49. The normalized spacial score (nSPS) is 16.1. The molecule has 1 aliphatic rings. The molecular weight excluding hydrogens is 272 g/mol. The van der Waals surface area contributed by atoms with E-state index in [0.717, 1.165) is 0 Å². The lowest BCUT2D eigenvalue weighted by atomic mass is 10.3. The van der Waals surface area contributed by atoms with E-state index in [1.807, 2.05) is 0 Å². The van der Waals surface area contributed by atoms with Gasteiger partial charge in [0.25, 0.3) is 0 Å². The average Bonchev–Trinajstić information content (AvgIpc) is 2.53. The van der Waals surface area contributed by atoms with Crippen LogP contribution in [-0.4, -0.2) is 18.2 Å². The number of benzene rings is 1. The van der Waals surface area contributed by atoms with Crippen molar-refractivity contribution in [2.75, 3.05) is 11.4 Å². The van der Waals surface area contributed by atoms with Crippen LogP contribution in [0.4, 0.5) is 5.69 Å². The van der Waals surface area contributed by atoms with Gasteiger partial charge >= 0.3 is 0 Å². The minimum Gasteiger partial charge on any atom is -0.304 e. The van der Waals surface area contributed by atoms with Gasteiger partial charge in [0.05, 0.1) is 28.0 Å². The maximum atomic E-state index is 11.5. The molecule has 0 atom stereocenters. The fourth-order valence-corrected chi connectivity index (χ4v) is 2.10. The van der Waals surface area contributed by atoms with E-state index in [4.69, 9.17) is 34.8 Å². The highest BCUT2D eigenvalue weighted by Crippen LogP contribution is 2.35. The van der Waals surface area contributed by atoms with Crippen LogP contribution in [-0.2, 0) is 9.59 Å². The van der Waals surface area contributed by atoms with Crippen LogP contribution in [0.2, 0.25) is 15.1 Å². The maximum Gasteiger partial charge on any atom is 0.234 e. The predicted molar refractivity (Wildman–Crippen MR) is 63.4 cm³/mol. The first-order valence-electron chi connectivity index (χ1n) is 4.45. The largest absolute Gasteiger partial charge is 0.304 e. The number of anilines is 1. The molecule has 1 heterocycles. The molecule has 6 heteroatoms. The summed E-state index contributed by atoms with van der Waals surface area (Å²) in [6.07, 6.45) is -0.0716. The second kappa shape index (κ2) is 4.24. The Hall–Kier alpha value is -0.770. The van der Waals surface area contributed by atoms with Gasteiger partial charge in [-0.15, -0.1) is 0 Å². The highest BCUT2D eigenvalue weighted by atomic mass is 35.5. The zero-order valence-corrected chi connectivity index (χ0v) is 10.2. The van der Waals surface area contributed by atoms with Crippen molar-refractivity contribution in [2.24, 2.45) is 0 Å². The van der Waals surface area contributed by atoms with Crippen LogP contribution in [0, 0.1) is 0 Å². The fraction of sp³-hybridized carbons (Fsp3) is 0.200. The Bertz CT molecular complexity index is 464. The molecule has 0 bridgehead atoms. The standard InChI is InChI=1S/C10H6Cl3NO2/c11-7-1-5(2-8(12)10(7)13)14-4-6(15)3-9(14)16/h1-2H,3-4H2. The molecule has 0 aliphatic carbocycles. The molecule has 16 heavy (non-hydrogen) atoms. The van der Waals surface area contributed by atoms with E-state index >= 15 is 0 Å². The number of carbonyl (C=O) groups is 2. The summed E-state index contributed by atoms with van der Waals surface area (Å²) in [5, 5.41) is 0.762. The van der Waals surface area contributed by atoms with E-state index in [2.05, 4.69) is 0 Å². The molecule has 0 aromatic heterocycles. The van der Waals surface area contributed by atoms with Gasteiger partial charge in [0.2, 0.25) is 5.91 Å². The Balaban J connectivity index is 2.42. The first kappa shape index (κ1) is 11.7. The van der Waals surface area contributed by atoms with E-state index in [9.17, 15) is 9.59 Å². The lowest BCUT2D eigenvalue weighted by Crippen LogP contribution is -2.24. The third-order valence-electron chi connectivity index (χ3n) is 2.26. The monoisotopic (exact) mass is 277 g/mol. The van der Waals surface area contributed by atoms with E-state index < -0.39 is 0 Å². The molecule has 0 spiro atoms. The number of ketones is 1. The summed E-state index contributed by atoms with van der Waals surface area (Å²) in [7, 11) is 0. The Kier molecular flexibility index (Phi) is 3.10. The molecular formula is C10H6Cl3NO2. The van der Waals surface area contributed by atoms with Crippen LogP contribution in [0.25, 0.3) is 0 Å². The Morgan fingerprint density at radius 2 is 1.62 bits per heavy atom. The smallest absolute Gasteiger partial charge is 0.234 e. The molecule has 1 amide bonds. The minimum atomic E-state index is -0.251. The molecule has 1 saturated heterocycles. The summed E-state index contributed by atoms with van der Waals surface area (Å²) in [6.45, 7) is 0.0626. The van der Waals surface area contributed by atoms with E-state index in [1.165, 1.54) is 17.0 Å². The molecule has 0 radical (unpaired) electrons. The minimum absolute atomic E-state index is 0.0626. The second-order valence-corrected chi connectivity index (χ2v) is 4.61. The highest BCUT2D eigenvalue weighted by Gasteiger charge is 2.29. The van der Waals surface area contributed by atoms with Crippen LogP contribution >= 0.6 is 34.8 Å². The maximum absolute atomic E-state index is 11.5. The number of nitrogens with zero attached hydrogens (tertiary/aromatic N) is 1. The summed E-state index contributed by atoms with van der Waals surface area (Å²) >= 11 is 17.5. The molecule has 1 fully saturated rings. The van der Waals surface area contributed by atoms with Gasteiger partial charge in [-0.25, -0.2) is 0 Å². The quantitative estimate of drug-likeness (QED) is 0.585. The van der Waals surface area contributed by atoms with E-state index in [1.54, 1.807) is 0 Å². The number of Topliss-reactive ketones (excluding diaryl/α,β-unsaturated/α-hetero) is 1. The number of halogens is 3. The Morgan fingerprint density at radius 1 is 1.06 bits per heavy atom. The number of carbonyl (C=O) groups excluding carboxylic acids is 2. The SMILES string of the molecule is O=C1CC(=O)N(c2cc(Cl)c(Cl)c(Cl)c2)C1.